The van der Waals surface area contributed by atoms with Crippen LogP contribution in [0.25, 0.3) is 11.1 Å². The number of anilines is 1. The quantitative estimate of drug-likeness (QED) is 0.504. The van der Waals surface area contributed by atoms with E-state index in [4.69, 9.17) is 14.2 Å². The van der Waals surface area contributed by atoms with E-state index < -0.39 is 12.1 Å². The number of nitrogens with one attached hydrogen (secondary N) is 1. The van der Waals surface area contributed by atoms with Crippen molar-refractivity contribution in [1.82, 2.24) is 0 Å². The van der Waals surface area contributed by atoms with Crippen molar-refractivity contribution >= 4 is 44.1 Å². The van der Waals surface area contributed by atoms with Gasteiger partial charge in [-0.25, -0.2) is 4.79 Å². The molecule has 1 atom stereocenters. The molecule has 30 heavy (non-hydrogen) atoms. The van der Waals surface area contributed by atoms with Crippen molar-refractivity contribution in [2.75, 3.05) is 18.5 Å². The van der Waals surface area contributed by atoms with Gasteiger partial charge in [0.1, 0.15) is 17.2 Å². The molecule has 8 heteroatoms. The zero-order valence-corrected chi connectivity index (χ0v) is 18.4. The largest absolute Gasteiger partial charge is 0.485 e. The molecular formula is C22H18BrNO5S. The van der Waals surface area contributed by atoms with Crippen LogP contribution in [0.1, 0.15) is 17.3 Å². The summed E-state index contributed by atoms with van der Waals surface area (Å²) in [5, 5.41) is 5.06. The van der Waals surface area contributed by atoms with E-state index in [9.17, 15) is 9.59 Å². The summed E-state index contributed by atoms with van der Waals surface area (Å²) in [6, 6.07) is 14.8. The first kappa shape index (κ1) is 20.4. The van der Waals surface area contributed by atoms with E-state index in [1.807, 2.05) is 41.8 Å². The molecule has 4 rings (SSSR count). The molecule has 2 aromatic carbocycles. The molecule has 0 spiro atoms. The Morgan fingerprint density at radius 1 is 1.17 bits per heavy atom. The molecule has 1 aliphatic rings. The van der Waals surface area contributed by atoms with Crippen molar-refractivity contribution in [3.8, 4) is 22.6 Å². The second-order valence-electron chi connectivity index (χ2n) is 6.43. The number of amides is 1. The van der Waals surface area contributed by atoms with Gasteiger partial charge in [-0.1, -0.05) is 40.2 Å². The molecule has 0 fully saturated rings. The summed E-state index contributed by atoms with van der Waals surface area (Å²) in [7, 11) is 0. The first-order chi connectivity index (χ1) is 14.6. The van der Waals surface area contributed by atoms with Crippen LogP contribution < -0.4 is 14.8 Å². The number of hydrogen-bond acceptors (Lipinski definition) is 6. The van der Waals surface area contributed by atoms with Crippen molar-refractivity contribution in [3.05, 3.63) is 63.9 Å². The highest BCUT2D eigenvalue weighted by atomic mass is 79.9. The second-order valence-corrected chi connectivity index (χ2v) is 8.23. The summed E-state index contributed by atoms with van der Waals surface area (Å²) in [6.45, 7) is 2.06. The number of carbonyl (C=O) groups is 2. The van der Waals surface area contributed by atoms with Crippen LogP contribution in [0.3, 0.4) is 0 Å². The van der Waals surface area contributed by atoms with Crippen LogP contribution in [0.2, 0.25) is 0 Å². The first-order valence-electron chi connectivity index (χ1n) is 9.30. The molecule has 3 aromatic rings. The third kappa shape index (κ3) is 4.20. The minimum Gasteiger partial charge on any atom is -0.485 e. The number of fused-ring (bicyclic) bond motifs is 1. The topological polar surface area (TPSA) is 73.9 Å². The van der Waals surface area contributed by atoms with Gasteiger partial charge in [-0.3, -0.25) is 4.79 Å². The molecular weight excluding hydrogens is 470 g/mol. The second kappa shape index (κ2) is 8.89. The van der Waals surface area contributed by atoms with Crippen LogP contribution in [0.5, 0.6) is 11.5 Å². The molecule has 1 amide bonds. The fraction of sp³-hybridized carbons (Fsp3) is 0.182. The molecule has 0 saturated carbocycles. The van der Waals surface area contributed by atoms with E-state index >= 15 is 0 Å². The molecule has 1 aliphatic heterocycles. The fourth-order valence-corrected chi connectivity index (χ4v) is 4.26. The molecule has 0 radical (unpaired) electrons. The summed E-state index contributed by atoms with van der Waals surface area (Å²) in [5.74, 6) is 0.232. The number of ether oxygens (including phenoxy) is 3. The molecule has 0 saturated heterocycles. The van der Waals surface area contributed by atoms with Crippen molar-refractivity contribution in [3.63, 3.8) is 0 Å². The lowest BCUT2D eigenvalue weighted by Gasteiger charge is -2.25. The Morgan fingerprint density at radius 2 is 1.90 bits per heavy atom. The SMILES string of the molecule is CCOC(=O)c1c(-c2ccc(Br)cc2)csc1NC(=O)C1COc2ccccc2O1. The monoisotopic (exact) mass is 487 g/mol. The zero-order valence-electron chi connectivity index (χ0n) is 16.0. The Bertz CT molecular complexity index is 1080. The van der Waals surface area contributed by atoms with Crippen LogP contribution in [-0.2, 0) is 9.53 Å². The summed E-state index contributed by atoms with van der Waals surface area (Å²) >= 11 is 4.68. The summed E-state index contributed by atoms with van der Waals surface area (Å²) < 4.78 is 17.6. The number of rotatable bonds is 5. The number of benzene rings is 2. The maximum Gasteiger partial charge on any atom is 0.341 e. The summed E-state index contributed by atoms with van der Waals surface area (Å²) in [4.78, 5) is 25.5. The summed E-state index contributed by atoms with van der Waals surface area (Å²) in [6.07, 6.45) is -0.826. The molecule has 1 N–H and O–H groups in total. The number of thiophene rings is 1. The van der Waals surface area contributed by atoms with Gasteiger partial charge >= 0.3 is 5.97 Å². The Labute approximate surface area is 185 Å². The maximum atomic E-state index is 12.8. The van der Waals surface area contributed by atoms with Gasteiger partial charge in [0.25, 0.3) is 5.91 Å². The molecule has 2 heterocycles. The van der Waals surface area contributed by atoms with Gasteiger partial charge in [-0.05, 0) is 36.8 Å². The molecule has 0 aliphatic carbocycles. The van der Waals surface area contributed by atoms with E-state index in [1.54, 1.807) is 19.1 Å². The van der Waals surface area contributed by atoms with Crippen LogP contribution in [0.15, 0.2) is 58.4 Å². The van der Waals surface area contributed by atoms with Crippen molar-refractivity contribution < 1.29 is 23.8 Å². The minimum atomic E-state index is -0.826. The normalized spacial score (nSPS) is 14.8. The van der Waals surface area contributed by atoms with Gasteiger partial charge in [0.05, 0.1) is 6.61 Å². The standard InChI is InChI=1S/C22H18BrNO5S/c1-2-27-22(26)19-15(13-7-9-14(23)10-8-13)12-30-21(19)24-20(25)18-11-28-16-5-3-4-6-17(16)29-18/h3-10,12,18H,2,11H2,1H3,(H,24,25). The van der Waals surface area contributed by atoms with Gasteiger partial charge < -0.3 is 19.5 Å². The number of para-hydroxylation sites is 2. The predicted molar refractivity (Wildman–Crippen MR) is 118 cm³/mol. The number of carbonyl (C=O) groups excluding carboxylic acids is 2. The maximum absolute atomic E-state index is 12.8. The van der Waals surface area contributed by atoms with Crippen LogP contribution in [0, 0.1) is 0 Å². The third-order valence-electron chi connectivity index (χ3n) is 4.46. The van der Waals surface area contributed by atoms with Crippen molar-refractivity contribution in [2.45, 2.75) is 13.0 Å². The van der Waals surface area contributed by atoms with Gasteiger partial charge in [-0.15, -0.1) is 11.3 Å². The third-order valence-corrected chi connectivity index (χ3v) is 5.89. The molecule has 154 valence electrons. The van der Waals surface area contributed by atoms with Crippen molar-refractivity contribution in [1.29, 1.82) is 0 Å². The molecule has 0 bridgehead atoms. The minimum absolute atomic E-state index is 0.0858. The average Bonchev–Trinajstić information content (AvgIpc) is 3.17. The van der Waals surface area contributed by atoms with Gasteiger partial charge in [0.2, 0.25) is 6.10 Å². The molecule has 6 nitrogen and oxygen atoms in total. The van der Waals surface area contributed by atoms with E-state index in [-0.39, 0.29) is 19.1 Å². The summed E-state index contributed by atoms with van der Waals surface area (Å²) in [5.41, 5.74) is 1.88. The van der Waals surface area contributed by atoms with E-state index in [0.717, 1.165) is 10.0 Å². The fourth-order valence-electron chi connectivity index (χ4n) is 3.04. The van der Waals surface area contributed by atoms with Gasteiger partial charge in [0.15, 0.2) is 11.5 Å². The zero-order chi connectivity index (χ0) is 21.1. The lowest BCUT2D eigenvalue weighted by Crippen LogP contribution is -2.40. The first-order valence-corrected chi connectivity index (χ1v) is 11.0. The van der Waals surface area contributed by atoms with Gasteiger partial charge in [0, 0.05) is 15.4 Å². The Hall–Kier alpha value is -2.84. The molecule has 1 unspecified atom stereocenters. The van der Waals surface area contributed by atoms with E-state index in [0.29, 0.717) is 27.6 Å². The lowest BCUT2D eigenvalue weighted by molar-refractivity contribution is -0.125. The highest BCUT2D eigenvalue weighted by molar-refractivity contribution is 9.10. The Kier molecular flexibility index (Phi) is 6.06. The van der Waals surface area contributed by atoms with Gasteiger partial charge in [-0.2, -0.15) is 0 Å². The Balaban J connectivity index is 1.60. The Morgan fingerprint density at radius 3 is 2.63 bits per heavy atom. The highest BCUT2D eigenvalue weighted by Crippen LogP contribution is 2.37. The highest BCUT2D eigenvalue weighted by Gasteiger charge is 2.30. The van der Waals surface area contributed by atoms with Crippen LogP contribution in [-0.4, -0.2) is 31.2 Å². The molecule has 1 aromatic heterocycles. The van der Waals surface area contributed by atoms with E-state index in [1.165, 1.54) is 11.3 Å². The van der Waals surface area contributed by atoms with Crippen molar-refractivity contribution in [2.24, 2.45) is 0 Å². The number of halogens is 1. The smallest absolute Gasteiger partial charge is 0.341 e. The lowest BCUT2D eigenvalue weighted by atomic mass is 10.0. The number of esters is 1. The number of hydrogen-bond donors (Lipinski definition) is 1. The van der Waals surface area contributed by atoms with E-state index in [2.05, 4.69) is 21.2 Å². The van der Waals surface area contributed by atoms with Crippen LogP contribution >= 0.6 is 27.3 Å². The average molecular weight is 488 g/mol. The van der Waals surface area contributed by atoms with Crippen LogP contribution in [0.4, 0.5) is 5.00 Å². The predicted octanol–water partition coefficient (Wildman–Crippen LogP) is 5.13.